The Morgan fingerprint density at radius 1 is 0.933 bits per heavy atom. The minimum absolute atomic E-state index is 0.0660. The average molecular weight is 210 g/mol. The topological polar surface area (TPSA) is 34.1 Å². The van der Waals surface area contributed by atoms with E-state index in [1.54, 1.807) is 6.92 Å². The summed E-state index contributed by atoms with van der Waals surface area (Å²) < 4.78 is 0. The molecule has 2 nitrogen and oxygen atoms in total. The lowest BCUT2D eigenvalue weighted by Crippen LogP contribution is -2.45. The second kappa shape index (κ2) is 4.46. The molecule has 6 atom stereocenters. The number of carbonyl (C=O) groups is 2. The average Bonchev–Trinajstić information content (AvgIpc) is 2.19. The maximum atomic E-state index is 11.6. The van der Waals surface area contributed by atoms with E-state index >= 15 is 0 Å². The fourth-order valence-electron chi connectivity index (χ4n) is 3.16. The van der Waals surface area contributed by atoms with Crippen molar-refractivity contribution in [1.82, 2.24) is 0 Å². The van der Waals surface area contributed by atoms with Gasteiger partial charge in [0.25, 0.3) is 0 Å². The number of Topliss-reactive ketones (excluding diaryl/α,β-unsaturated/α-hetero) is 1. The fraction of sp³-hybridized carbons (Fsp3) is 0.846. The van der Waals surface area contributed by atoms with Gasteiger partial charge < -0.3 is 4.79 Å². The molecule has 86 valence electrons. The molecule has 0 saturated heterocycles. The minimum Gasteiger partial charge on any atom is -0.303 e. The van der Waals surface area contributed by atoms with Crippen molar-refractivity contribution in [3.05, 3.63) is 0 Å². The number of hydrogen-bond acceptors (Lipinski definition) is 2. The minimum atomic E-state index is -0.0799. The molecule has 6 unspecified atom stereocenters. The van der Waals surface area contributed by atoms with Gasteiger partial charge in [-0.1, -0.05) is 27.7 Å². The first-order chi connectivity index (χ1) is 6.91. The highest BCUT2D eigenvalue weighted by molar-refractivity contribution is 5.82. The Hall–Kier alpha value is -0.660. The van der Waals surface area contributed by atoms with Crippen LogP contribution >= 0.6 is 0 Å². The number of carbonyl (C=O) groups excluding carboxylic acids is 2. The largest absolute Gasteiger partial charge is 0.303 e. The van der Waals surface area contributed by atoms with E-state index in [1.165, 1.54) is 0 Å². The quantitative estimate of drug-likeness (QED) is 0.656. The number of hydrogen-bond donors (Lipinski definition) is 0. The van der Waals surface area contributed by atoms with Crippen LogP contribution in [0.5, 0.6) is 0 Å². The Morgan fingerprint density at radius 2 is 1.40 bits per heavy atom. The van der Waals surface area contributed by atoms with Crippen LogP contribution in [0.1, 0.15) is 34.6 Å². The van der Waals surface area contributed by atoms with Crippen LogP contribution in [0.4, 0.5) is 0 Å². The van der Waals surface area contributed by atoms with Gasteiger partial charge >= 0.3 is 0 Å². The first-order valence-corrected chi connectivity index (χ1v) is 5.87. The molecule has 0 aromatic carbocycles. The van der Waals surface area contributed by atoms with Crippen LogP contribution in [-0.4, -0.2) is 12.1 Å². The van der Waals surface area contributed by atoms with Crippen molar-refractivity contribution < 1.29 is 9.59 Å². The zero-order valence-corrected chi connectivity index (χ0v) is 10.4. The predicted octanol–water partition coefficient (Wildman–Crippen LogP) is 2.56. The van der Waals surface area contributed by atoms with Crippen molar-refractivity contribution in [2.75, 3.05) is 0 Å². The van der Waals surface area contributed by atoms with E-state index in [2.05, 4.69) is 27.7 Å². The molecular formula is C13H22O2. The molecule has 0 spiro atoms. The third kappa shape index (κ3) is 1.99. The normalized spacial score (nSPS) is 46.2. The monoisotopic (exact) mass is 210 g/mol. The molecule has 0 amide bonds. The number of aldehydes is 1. The van der Waals surface area contributed by atoms with Crippen molar-refractivity contribution >= 4 is 12.1 Å². The van der Waals surface area contributed by atoms with Gasteiger partial charge in [0.2, 0.25) is 0 Å². The van der Waals surface area contributed by atoms with Crippen molar-refractivity contribution in [2.45, 2.75) is 34.6 Å². The maximum absolute atomic E-state index is 11.6. The van der Waals surface area contributed by atoms with E-state index in [0.717, 1.165) is 6.29 Å². The van der Waals surface area contributed by atoms with Crippen LogP contribution < -0.4 is 0 Å². The number of rotatable bonds is 2. The van der Waals surface area contributed by atoms with Gasteiger partial charge in [-0.25, -0.2) is 0 Å². The van der Waals surface area contributed by atoms with Gasteiger partial charge in [0.15, 0.2) is 0 Å². The molecule has 15 heavy (non-hydrogen) atoms. The van der Waals surface area contributed by atoms with E-state index in [0.29, 0.717) is 23.7 Å². The van der Waals surface area contributed by atoms with Gasteiger partial charge in [0, 0.05) is 11.8 Å². The summed E-state index contributed by atoms with van der Waals surface area (Å²) in [6.07, 6.45) is 0.996. The molecule has 0 aromatic rings. The van der Waals surface area contributed by atoms with Gasteiger partial charge in [0.1, 0.15) is 12.1 Å². The predicted molar refractivity (Wildman–Crippen MR) is 60.4 cm³/mol. The molecular weight excluding hydrogens is 188 g/mol. The summed E-state index contributed by atoms with van der Waals surface area (Å²) in [4.78, 5) is 22.7. The molecule has 0 radical (unpaired) electrons. The fourth-order valence-corrected chi connectivity index (χ4v) is 3.16. The lowest BCUT2D eigenvalue weighted by atomic mass is 9.58. The first-order valence-electron chi connectivity index (χ1n) is 5.87. The Balaban J connectivity index is 3.02. The Morgan fingerprint density at radius 3 is 1.80 bits per heavy atom. The summed E-state index contributed by atoms with van der Waals surface area (Å²) in [5, 5.41) is 0. The maximum Gasteiger partial charge on any atom is 0.133 e. The van der Waals surface area contributed by atoms with E-state index in [9.17, 15) is 9.59 Å². The van der Waals surface area contributed by atoms with Crippen molar-refractivity contribution in [3.8, 4) is 0 Å². The summed E-state index contributed by atoms with van der Waals surface area (Å²) in [5.41, 5.74) is 0. The van der Waals surface area contributed by atoms with Crippen LogP contribution in [-0.2, 0) is 9.59 Å². The summed E-state index contributed by atoms with van der Waals surface area (Å²) in [6, 6.07) is 0. The molecule has 0 aliphatic heterocycles. The summed E-state index contributed by atoms with van der Waals surface area (Å²) in [6.45, 7) is 10.2. The van der Waals surface area contributed by atoms with Gasteiger partial charge in [-0.2, -0.15) is 0 Å². The van der Waals surface area contributed by atoms with Gasteiger partial charge in [0.05, 0.1) is 0 Å². The second-order valence-electron chi connectivity index (χ2n) is 5.29. The molecule has 0 heterocycles. The van der Waals surface area contributed by atoms with Crippen molar-refractivity contribution in [3.63, 3.8) is 0 Å². The molecule has 1 fully saturated rings. The summed E-state index contributed by atoms with van der Waals surface area (Å²) in [7, 11) is 0. The van der Waals surface area contributed by atoms with Gasteiger partial charge in [-0.15, -0.1) is 0 Å². The molecule has 1 rings (SSSR count). The second-order valence-corrected chi connectivity index (χ2v) is 5.29. The summed E-state index contributed by atoms with van der Waals surface area (Å²) in [5.74, 6) is 1.71. The third-order valence-electron chi connectivity index (χ3n) is 4.70. The molecule has 2 heteroatoms. The Labute approximate surface area is 92.4 Å². The van der Waals surface area contributed by atoms with E-state index in [-0.39, 0.29) is 17.6 Å². The van der Waals surface area contributed by atoms with Gasteiger partial charge in [-0.05, 0) is 30.6 Å². The first kappa shape index (κ1) is 12.4. The van der Waals surface area contributed by atoms with Crippen molar-refractivity contribution in [2.24, 2.45) is 35.5 Å². The van der Waals surface area contributed by atoms with Crippen LogP contribution in [0, 0.1) is 35.5 Å². The highest BCUT2D eigenvalue weighted by Crippen LogP contribution is 2.44. The van der Waals surface area contributed by atoms with E-state index in [1.807, 2.05) is 0 Å². The Kier molecular flexibility index (Phi) is 3.69. The zero-order chi connectivity index (χ0) is 11.7. The highest BCUT2D eigenvalue weighted by Gasteiger charge is 2.44. The SMILES string of the molecule is CC(=O)C1C(C)C(C)C(C)C(C)C1C=O. The number of ketones is 1. The molecule has 1 aliphatic rings. The molecule has 1 saturated carbocycles. The zero-order valence-electron chi connectivity index (χ0n) is 10.4. The van der Waals surface area contributed by atoms with Crippen LogP contribution in [0.25, 0.3) is 0 Å². The lowest BCUT2D eigenvalue weighted by Gasteiger charge is -2.45. The van der Waals surface area contributed by atoms with Crippen LogP contribution in [0.2, 0.25) is 0 Å². The van der Waals surface area contributed by atoms with Crippen LogP contribution in [0.3, 0.4) is 0 Å². The molecule has 0 N–H and O–H groups in total. The van der Waals surface area contributed by atoms with E-state index < -0.39 is 0 Å². The molecule has 1 aliphatic carbocycles. The lowest BCUT2D eigenvalue weighted by molar-refractivity contribution is -0.135. The van der Waals surface area contributed by atoms with Crippen molar-refractivity contribution in [1.29, 1.82) is 0 Å². The molecule has 0 bridgehead atoms. The highest BCUT2D eigenvalue weighted by atomic mass is 16.1. The summed E-state index contributed by atoms with van der Waals surface area (Å²) >= 11 is 0. The van der Waals surface area contributed by atoms with Gasteiger partial charge in [-0.3, -0.25) is 4.79 Å². The van der Waals surface area contributed by atoms with Crippen LogP contribution in [0.15, 0.2) is 0 Å². The molecule has 0 aromatic heterocycles. The Bertz CT molecular complexity index is 259. The standard InChI is InChI=1S/C13H22O2/c1-7-8(2)10(4)13(11(5)15)12(6-14)9(7)3/h6-10,12-13H,1-5H3. The third-order valence-corrected chi connectivity index (χ3v) is 4.70. The smallest absolute Gasteiger partial charge is 0.133 e. The van der Waals surface area contributed by atoms with E-state index in [4.69, 9.17) is 0 Å².